The van der Waals surface area contributed by atoms with E-state index in [4.69, 9.17) is 14.2 Å². The van der Waals surface area contributed by atoms with E-state index in [0.29, 0.717) is 32.5 Å². The highest BCUT2D eigenvalue weighted by atomic mass is 16.5. The number of unbranched alkanes of at least 4 members (excludes halogenated alkanes) is 1. The van der Waals surface area contributed by atoms with Crippen LogP contribution in [0.5, 0.6) is 0 Å². The fourth-order valence-corrected chi connectivity index (χ4v) is 2.27. The summed E-state index contributed by atoms with van der Waals surface area (Å²) in [6.07, 6.45) is 3.52. The molecule has 0 radical (unpaired) electrons. The standard InChI is InChI=1S/C16H34N2O3/c1-3-5-8-19-10-12-21-13-11-20-9-7-18(6-4-2)16-14-17-15-16/h16-17H,3-15H2,1-2H3. The first kappa shape index (κ1) is 18.8. The summed E-state index contributed by atoms with van der Waals surface area (Å²) in [6.45, 7) is 13.2. The van der Waals surface area contributed by atoms with Crippen molar-refractivity contribution in [2.75, 3.05) is 65.8 Å². The van der Waals surface area contributed by atoms with Gasteiger partial charge in [0.1, 0.15) is 0 Å². The van der Waals surface area contributed by atoms with Crippen LogP contribution < -0.4 is 5.32 Å². The topological polar surface area (TPSA) is 43.0 Å². The molecule has 1 rings (SSSR count). The molecule has 1 fully saturated rings. The summed E-state index contributed by atoms with van der Waals surface area (Å²) in [5, 5.41) is 3.33. The molecule has 21 heavy (non-hydrogen) atoms. The van der Waals surface area contributed by atoms with Crippen molar-refractivity contribution in [2.24, 2.45) is 0 Å². The Hall–Kier alpha value is -0.200. The minimum Gasteiger partial charge on any atom is -0.379 e. The van der Waals surface area contributed by atoms with Gasteiger partial charge in [-0.2, -0.15) is 0 Å². The molecule has 0 saturated carbocycles. The molecule has 0 aromatic carbocycles. The van der Waals surface area contributed by atoms with Gasteiger partial charge in [-0.15, -0.1) is 0 Å². The van der Waals surface area contributed by atoms with Crippen LogP contribution in [0, 0.1) is 0 Å². The largest absolute Gasteiger partial charge is 0.379 e. The minimum absolute atomic E-state index is 0.663. The maximum absolute atomic E-state index is 5.65. The van der Waals surface area contributed by atoms with Gasteiger partial charge in [-0.1, -0.05) is 20.3 Å². The van der Waals surface area contributed by atoms with Crippen LogP contribution in [0.25, 0.3) is 0 Å². The van der Waals surface area contributed by atoms with Crippen LogP contribution in [0.2, 0.25) is 0 Å². The third-order valence-corrected chi connectivity index (χ3v) is 3.70. The van der Waals surface area contributed by atoms with Crippen LogP contribution in [0.4, 0.5) is 0 Å². The third-order valence-electron chi connectivity index (χ3n) is 3.70. The lowest BCUT2D eigenvalue weighted by Gasteiger charge is -2.38. The molecule has 5 nitrogen and oxygen atoms in total. The van der Waals surface area contributed by atoms with Crippen molar-refractivity contribution in [3.05, 3.63) is 0 Å². The number of nitrogens with one attached hydrogen (secondary N) is 1. The maximum Gasteiger partial charge on any atom is 0.0701 e. The summed E-state index contributed by atoms with van der Waals surface area (Å²) in [5.41, 5.74) is 0. The van der Waals surface area contributed by atoms with E-state index in [1.807, 2.05) is 0 Å². The molecular weight excluding hydrogens is 268 g/mol. The molecule has 1 aliphatic heterocycles. The highest BCUT2D eigenvalue weighted by Gasteiger charge is 2.23. The van der Waals surface area contributed by atoms with Crippen LogP contribution in [0.15, 0.2) is 0 Å². The third kappa shape index (κ3) is 9.42. The van der Waals surface area contributed by atoms with Crippen molar-refractivity contribution in [3.63, 3.8) is 0 Å². The first-order chi connectivity index (χ1) is 10.4. The van der Waals surface area contributed by atoms with Crippen LogP contribution in [-0.4, -0.2) is 76.8 Å². The highest BCUT2D eigenvalue weighted by Crippen LogP contribution is 2.05. The molecule has 1 aliphatic rings. The number of rotatable bonds is 15. The van der Waals surface area contributed by atoms with Gasteiger partial charge < -0.3 is 19.5 Å². The van der Waals surface area contributed by atoms with Crippen LogP contribution in [0.1, 0.15) is 33.1 Å². The normalized spacial score (nSPS) is 15.6. The first-order valence-corrected chi connectivity index (χ1v) is 8.56. The van der Waals surface area contributed by atoms with Gasteiger partial charge >= 0.3 is 0 Å². The van der Waals surface area contributed by atoms with E-state index < -0.39 is 0 Å². The Labute approximate surface area is 130 Å². The number of nitrogens with zero attached hydrogens (tertiary/aromatic N) is 1. The average molecular weight is 302 g/mol. The summed E-state index contributed by atoms with van der Waals surface area (Å²) in [4.78, 5) is 2.53. The molecule has 0 bridgehead atoms. The van der Waals surface area contributed by atoms with Gasteiger partial charge in [-0.3, -0.25) is 4.90 Å². The smallest absolute Gasteiger partial charge is 0.0701 e. The summed E-state index contributed by atoms with van der Waals surface area (Å²) in [6, 6.07) is 0.713. The van der Waals surface area contributed by atoms with Crippen molar-refractivity contribution in [1.29, 1.82) is 0 Å². The van der Waals surface area contributed by atoms with Gasteiger partial charge in [-0.05, 0) is 19.4 Å². The van der Waals surface area contributed by atoms with Crippen LogP contribution in [-0.2, 0) is 14.2 Å². The average Bonchev–Trinajstić information content (AvgIpc) is 2.43. The second-order valence-corrected chi connectivity index (χ2v) is 5.54. The monoisotopic (exact) mass is 302 g/mol. The van der Waals surface area contributed by atoms with Crippen molar-refractivity contribution in [1.82, 2.24) is 10.2 Å². The number of hydrogen-bond acceptors (Lipinski definition) is 5. The zero-order valence-electron chi connectivity index (χ0n) is 13.9. The molecule has 1 heterocycles. The fraction of sp³-hybridized carbons (Fsp3) is 1.00. The second-order valence-electron chi connectivity index (χ2n) is 5.54. The van der Waals surface area contributed by atoms with Crippen molar-refractivity contribution < 1.29 is 14.2 Å². The predicted molar refractivity (Wildman–Crippen MR) is 85.9 cm³/mol. The van der Waals surface area contributed by atoms with Gasteiger partial charge in [0.15, 0.2) is 0 Å². The SMILES string of the molecule is CCCCOCCOCCOCCN(CCC)C1CNC1. The van der Waals surface area contributed by atoms with Gasteiger partial charge in [0.2, 0.25) is 0 Å². The fourth-order valence-electron chi connectivity index (χ4n) is 2.27. The van der Waals surface area contributed by atoms with Gasteiger partial charge in [0, 0.05) is 32.3 Å². The van der Waals surface area contributed by atoms with E-state index in [1.54, 1.807) is 0 Å². The molecule has 0 spiro atoms. The summed E-state index contributed by atoms with van der Waals surface area (Å²) in [7, 11) is 0. The Morgan fingerprint density at radius 2 is 1.43 bits per heavy atom. The highest BCUT2D eigenvalue weighted by molar-refractivity contribution is 4.84. The second kappa shape index (κ2) is 13.5. The molecule has 0 amide bonds. The Morgan fingerprint density at radius 1 is 0.810 bits per heavy atom. The summed E-state index contributed by atoms with van der Waals surface area (Å²) >= 11 is 0. The van der Waals surface area contributed by atoms with Crippen LogP contribution >= 0.6 is 0 Å². The van der Waals surface area contributed by atoms with Crippen molar-refractivity contribution >= 4 is 0 Å². The Kier molecular flexibility index (Phi) is 12.1. The van der Waals surface area contributed by atoms with Crippen molar-refractivity contribution in [2.45, 2.75) is 39.2 Å². The van der Waals surface area contributed by atoms with Gasteiger partial charge in [0.05, 0.1) is 33.0 Å². The van der Waals surface area contributed by atoms with Gasteiger partial charge in [0.25, 0.3) is 0 Å². The number of ether oxygens (including phenoxy) is 3. The zero-order chi connectivity index (χ0) is 15.2. The van der Waals surface area contributed by atoms with E-state index in [2.05, 4.69) is 24.1 Å². The molecule has 5 heteroatoms. The quantitative estimate of drug-likeness (QED) is 0.465. The van der Waals surface area contributed by atoms with Crippen molar-refractivity contribution in [3.8, 4) is 0 Å². The molecule has 0 aliphatic carbocycles. The molecule has 1 N–H and O–H groups in total. The molecular formula is C16H34N2O3. The van der Waals surface area contributed by atoms with E-state index in [9.17, 15) is 0 Å². The minimum atomic E-state index is 0.663. The van der Waals surface area contributed by atoms with E-state index in [-0.39, 0.29) is 0 Å². The van der Waals surface area contributed by atoms with Crippen LogP contribution in [0.3, 0.4) is 0 Å². The lowest BCUT2D eigenvalue weighted by molar-refractivity contribution is 0.00619. The Balaban J connectivity index is 1.82. The zero-order valence-corrected chi connectivity index (χ0v) is 13.9. The lowest BCUT2D eigenvalue weighted by Crippen LogP contribution is -2.57. The molecule has 1 saturated heterocycles. The molecule has 0 atom stereocenters. The number of hydrogen-bond donors (Lipinski definition) is 1. The summed E-state index contributed by atoms with van der Waals surface area (Å²) < 4.78 is 16.5. The first-order valence-electron chi connectivity index (χ1n) is 8.56. The maximum atomic E-state index is 5.65. The molecule has 0 unspecified atom stereocenters. The Morgan fingerprint density at radius 3 is 1.95 bits per heavy atom. The van der Waals surface area contributed by atoms with E-state index >= 15 is 0 Å². The molecule has 0 aromatic rings. The van der Waals surface area contributed by atoms with E-state index in [1.165, 1.54) is 19.4 Å². The lowest BCUT2D eigenvalue weighted by atomic mass is 10.1. The molecule has 126 valence electrons. The Bertz CT molecular complexity index is 226. The molecule has 0 aromatic heterocycles. The van der Waals surface area contributed by atoms with Gasteiger partial charge in [-0.25, -0.2) is 0 Å². The van der Waals surface area contributed by atoms with E-state index in [0.717, 1.165) is 39.3 Å². The predicted octanol–water partition coefficient (Wildman–Crippen LogP) is 1.52. The summed E-state index contributed by atoms with van der Waals surface area (Å²) in [5.74, 6) is 0.